The second-order valence-corrected chi connectivity index (χ2v) is 5.82. The van der Waals surface area contributed by atoms with Gasteiger partial charge >= 0.3 is 5.89 Å². The van der Waals surface area contributed by atoms with Gasteiger partial charge in [0.05, 0.1) is 25.9 Å². The molecule has 0 aliphatic rings. The van der Waals surface area contributed by atoms with Crippen LogP contribution in [0.5, 0.6) is 5.75 Å². The quantitative estimate of drug-likeness (QED) is 0.662. The molecule has 104 valence electrons. The maximum atomic E-state index is 10.7. The van der Waals surface area contributed by atoms with Crippen molar-refractivity contribution in [2.75, 3.05) is 12.9 Å². The van der Waals surface area contributed by atoms with Crippen molar-refractivity contribution in [3.05, 3.63) is 24.1 Å². The molecule has 6 nitrogen and oxygen atoms in total. The maximum Gasteiger partial charge on any atom is 0.344 e. The molecule has 0 aliphatic carbocycles. The largest absolute Gasteiger partial charge is 0.497 e. The van der Waals surface area contributed by atoms with Crippen LogP contribution < -0.4 is 9.30 Å². The number of hydrogen-bond donors (Lipinski definition) is 1. The van der Waals surface area contributed by atoms with E-state index in [1.807, 2.05) is 10.6 Å². The van der Waals surface area contributed by atoms with Gasteiger partial charge in [-0.3, -0.25) is 4.55 Å². The van der Waals surface area contributed by atoms with Crippen LogP contribution in [0, 0.1) is 6.92 Å². The molecule has 7 heteroatoms. The normalized spacial score (nSPS) is 11.9. The highest BCUT2D eigenvalue weighted by molar-refractivity contribution is 7.85. The topological polar surface area (TPSA) is 80.6 Å². The van der Waals surface area contributed by atoms with Crippen molar-refractivity contribution in [3.8, 4) is 5.75 Å². The summed E-state index contributed by atoms with van der Waals surface area (Å²) in [5, 5.41) is 0. The molecule has 0 spiro atoms. The van der Waals surface area contributed by atoms with Crippen LogP contribution in [0.15, 0.2) is 22.6 Å². The van der Waals surface area contributed by atoms with Crippen LogP contribution in [-0.2, 0) is 16.7 Å². The van der Waals surface area contributed by atoms with E-state index in [1.54, 1.807) is 26.2 Å². The molecule has 1 aromatic carbocycles. The molecule has 19 heavy (non-hydrogen) atoms. The zero-order chi connectivity index (χ0) is 14.0. The molecular formula is C12H16NO5S+. The fourth-order valence-corrected chi connectivity index (χ4v) is 2.48. The lowest BCUT2D eigenvalue weighted by Crippen LogP contribution is -2.36. The Hall–Kier alpha value is -1.60. The molecule has 2 aromatic rings. The first kappa shape index (κ1) is 13.8. The maximum absolute atomic E-state index is 10.7. The van der Waals surface area contributed by atoms with Gasteiger partial charge in [-0.25, -0.2) is 0 Å². The Balaban J connectivity index is 2.28. The number of methoxy groups -OCH3 is 1. The zero-order valence-corrected chi connectivity index (χ0v) is 11.6. The smallest absolute Gasteiger partial charge is 0.344 e. The molecular weight excluding hydrogens is 270 g/mol. The number of benzene rings is 1. The zero-order valence-electron chi connectivity index (χ0n) is 10.8. The average Bonchev–Trinajstić information content (AvgIpc) is 2.63. The third-order valence-corrected chi connectivity index (χ3v) is 3.68. The molecule has 0 aliphatic heterocycles. The van der Waals surface area contributed by atoms with Crippen molar-refractivity contribution >= 4 is 21.2 Å². The second kappa shape index (κ2) is 5.18. The lowest BCUT2D eigenvalue weighted by molar-refractivity contribution is -0.682. The Bertz CT molecular complexity index is 689. The van der Waals surface area contributed by atoms with Crippen LogP contribution in [0.4, 0.5) is 0 Å². The lowest BCUT2D eigenvalue weighted by atomic mass is 10.3. The molecule has 0 saturated heterocycles. The van der Waals surface area contributed by atoms with E-state index in [0.717, 1.165) is 5.52 Å². The molecule has 0 saturated carbocycles. The number of nitrogens with zero attached hydrogens (tertiary/aromatic N) is 1. The monoisotopic (exact) mass is 286 g/mol. The summed E-state index contributed by atoms with van der Waals surface area (Å²) in [5.74, 6) is 1.12. The summed E-state index contributed by atoms with van der Waals surface area (Å²) < 4.78 is 42.7. The van der Waals surface area contributed by atoms with Crippen LogP contribution in [0.1, 0.15) is 12.3 Å². The van der Waals surface area contributed by atoms with E-state index in [9.17, 15) is 8.42 Å². The number of aryl methyl sites for hydroxylation is 2. The van der Waals surface area contributed by atoms with Gasteiger partial charge in [-0.15, -0.1) is 0 Å². The van der Waals surface area contributed by atoms with Gasteiger partial charge in [0.1, 0.15) is 5.75 Å². The average molecular weight is 286 g/mol. The fraction of sp³-hybridized carbons (Fsp3) is 0.417. The first-order valence-corrected chi connectivity index (χ1v) is 7.44. The van der Waals surface area contributed by atoms with Crippen molar-refractivity contribution in [2.45, 2.75) is 19.9 Å². The summed E-state index contributed by atoms with van der Waals surface area (Å²) >= 11 is 0. The molecule has 1 heterocycles. The number of hydrogen-bond acceptors (Lipinski definition) is 4. The Morgan fingerprint density at radius 2 is 2.16 bits per heavy atom. The summed E-state index contributed by atoms with van der Waals surface area (Å²) in [4.78, 5) is 0. The molecule has 0 amide bonds. The van der Waals surface area contributed by atoms with Crippen molar-refractivity contribution in [1.82, 2.24) is 0 Å². The van der Waals surface area contributed by atoms with E-state index in [-0.39, 0.29) is 5.75 Å². The van der Waals surface area contributed by atoms with Crippen molar-refractivity contribution in [1.29, 1.82) is 0 Å². The highest BCUT2D eigenvalue weighted by atomic mass is 32.2. The fourth-order valence-electron chi connectivity index (χ4n) is 1.99. The summed E-state index contributed by atoms with van der Waals surface area (Å²) in [5.41, 5.74) is 1.55. The number of aromatic nitrogens is 1. The number of rotatable bonds is 5. The van der Waals surface area contributed by atoms with E-state index in [1.165, 1.54) is 0 Å². The Kier molecular flexibility index (Phi) is 3.77. The molecule has 0 bridgehead atoms. The van der Waals surface area contributed by atoms with Crippen molar-refractivity contribution < 1.29 is 26.7 Å². The van der Waals surface area contributed by atoms with Gasteiger partial charge in [-0.05, 0) is 12.1 Å². The molecule has 0 fully saturated rings. The van der Waals surface area contributed by atoms with Gasteiger partial charge < -0.3 is 9.15 Å². The summed E-state index contributed by atoms with van der Waals surface area (Å²) in [7, 11) is -2.34. The van der Waals surface area contributed by atoms with E-state index in [2.05, 4.69) is 0 Å². The van der Waals surface area contributed by atoms with Gasteiger partial charge in [0.15, 0.2) is 6.54 Å². The molecule has 0 radical (unpaired) electrons. The van der Waals surface area contributed by atoms with Crippen LogP contribution in [0.2, 0.25) is 0 Å². The van der Waals surface area contributed by atoms with Gasteiger partial charge in [0.25, 0.3) is 15.6 Å². The predicted molar refractivity (Wildman–Crippen MR) is 68.7 cm³/mol. The van der Waals surface area contributed by atoms with Gasteiger partial charge in [0, 0.05) is 6.42 Å². The highest BCUT2D eigenvalue weighted by Gasteiger charge is 2.20. The summed E-state index contributed by atoms with van der Waals surface area (Å²) in [6, 6.07) is 5.44. The SMILES string of the molecule is COc1ccc2oc(C)[n+](CCCS(=O)(=O)O)c2c1. The van der Waals surface area contributed by atoms with Crippen LogP contribution in [-0.4, -0.2) is 25.8 Å². The van der Waals surface area contributed by atoms with Gasteiger partial charge in [-0.1, -0.05) is 0 Å². The highest BCUT2D eigenvalue weighted by Crippen LogP contribution is 2.20. The van der Waals surface area contributed by atoms with Gasteiger partial charge in [-0.2, -0.15) is 13.0 Å². The second-order valence-electron chi connectivity index (χ2n) is 4.25. The number of ether oxygens (including phenoxy) is 1. The van der Waals surface area contributed by atoms with E-state index >= 15 is 0 Å². The third kappa shape index (κ3) is 3.24. The van der Waals surface area contributed by atoms with Crippen LogP contribution in [0.3, 0.4) is 0 Å². The van der Waals surface area contributed by atoms with Crippen LogP contribution in [0.25, 0.3) is 11.1 Å². The minimum absolute atomic E-state index is 0.268. The molecule has 2 rings (SSSR count). The Labute approximate surface area is 111 Å². The standard InChI is InChI=1S/C12H15NO5S/c1-9-13(6-3-7-19(14,15)16)11-8-10(17-2)4-5-12(11)18-9/h4-5,8H,3,6-7H2,1-2H3/p+1. The Morgan fingerprint density at radius 1 is 1.42 bits per heavy atom. The van der Waals surface area contributed by atoms with Gasteiger partial charge in [0.2, 0.25) is 5.58 Å². The number of fused-ring (bicyclic) bond motifs is 1. The Morgan fingerprint density at radius 3 is 2.79 bits per heavy atom. The van der Waals surface area contributed by atoms with Crippen LogP contribution >= 0.6 is 0 Å². The molecule has 1 aromatic heterocycles. The molecule has 0 unspecified atom stereocenters. The van der Waals surface area contributed by atoms with E-state index in [0.29, 0.717) is 30.2 Å². The minimum atomic E-state index is -3.92. The summed E-state index contributed by atoms with van der Waals surface area (Å²) in [6.45, 7) is 2.26. The van der Waals surface area contributed by atoms with E-state index < -0.39 is 10.1 Å². The third-order valence-electron chi connectivity index (χ3n) is 2.88. The first-order valence-electron chi connectivity index (χ1n) is 5.83. The van der Waals surface area contributed by atoms with Crippen molar-refractivity contribution in [3.63, 3.8) is 0 Å². The lowest BCUT2D eigenvalue weighted by Gasteiger charge is -1.98. The van der Waals surface area contributed by atoms with E-state index in [4.69, 9.17) is 13.7 Å². The molecule has 1 N–H and O–H groups in total. The minimum Gasteiger partial charge on any atom is -0.497 e. The predicted octanol–water partition coefficient (Wildman–Crippen LogP) is 1.32. The summed E-state index contributed by atoms with van der Waals surface area (Å²) in [6.07, 6.45) is 0.316. The number of oxazole rings is 1. The molecule has 0 atom stereocenters. The first-order chi connectivity index (χ1) is 8.90. The van der Waals surface area contributed by atoms with Crippen molar-refractivity contribution in [2.24, 2.45) is 0 Å².